The molecule has 1 heterocycles. The Morgan fingerprint density at radius 1 is 1.25 bits per heavy atom. The molecule has 0 aromatic heterocycles. The van der Waals surface area contributed by atoms with Crippen LogP contribution in [0.1, 0.15) is 19.8 Å². The smallest absolute Gasteiger partial charge is 0.123 e. The van der Waals surface area contributed by atoms with E-state index in [2.05, 4.69) is 17.1 Å². The van der Waals surface area contributed by atoms with E-state index < -0.39 is 0 Å². The van der Waals surface area contributed by atoms with E-state index in [4.69, 9.17) is 4.74 Å². The fraction of sp³-hybridized carbons (Fsp3) is 0.625. The van der Waals surface area contributed by atoms with Gasteiger partial charge in [-0.3, -0.25) is 0 Å². The fourth-order valence-electron chi connectivity index (χ4n) is 3.05. The van der Waals surface area contributed by atoms with Gasteiger partial charge in [0.05, 0.1) is 6.61 Å². The van der Waals surface area contributed by atoms with Gasteiger partial charge in [-0.15, -0.1) is 0 Å². The van der Waals surface area contributed by atoms with Gasteiger partial charge in [-0.1, -0.05) is 0 Å². The summed E-state index contributed by atoms with van der Waals surface area (Å²) in [5.41, 5.74) is 1.28. The summed E-state index contributed by atoms with van der Waals surface area (Å²) in [6.45, 7) is 6.90. The van der Waals surface area contributed by atoms with Gasteiger partial charge in [0.1, 0.15) is 5.82 Å². The van der Waals surface area contributed by atoms with E-state index in [1.165, 1.54) is 12.1 Å². The lowest BCUT2D eigenvalue weighted by molar-refractivity contribution is 0.0589. The maximum Gasteiger partial charge on any atom is 0.123 e. The Bertz CT molecular complexity index is 396. The van der Waals surface area contributed by atoms with Crippen LogP contribution in [0.15, 0.2) is 24.3 Å². The van der Waals surface area contributed by atoms with Gasteiger partial charge in [0.15, 0.2) is 0 Å². The number of anilines is 1. The molecule has 1 N–H and O–H groups in total. The second-order valence-electron chi connectivity index (χ2n) is 5.67. The predicted octanol–water partition coefficient (Wildman–Crippen LogP) is 2.67. The summed E-state index contributed by atoms with van der Waals surface area (Å²) in [5, 5.41) is 3.41. The molecule has 0 spiro atoms. The van der Waals surface area contributed by atoms with Crippen LogP contribution in [-0.4, -0.2) is 39.9 Å². The number of piperidine rings is 1. The van der Waals surface area contributed by atoms with Gasteiger partial charge in [0, 0.05) is 31.3 Å². The Morgan fingerprint density at radius 3 is 2.45 bits per heavy atom. The standard InChI is InChI=1S/C16H25FN2O/c1-3-19(15-6-4-14(17)5-7-15)12-16(13-20-2)8-10-18-11-9-16/h4-7,18H,3,8-13H2,1-2H3. The fourth-order valence-corrected chi connectivity index (χ4v) is 3.05. The summed E-state index contributed by atoms with van der Waals surface area (Å²) >= 11 is 0. The zero-order chi connectivity index (χ0) is 14.4. The third-order valence-electron chi connectivity index (χ3n) is 4.21. The third kappa shape index (κ3) is 3.70. The predicted molar refractivity (Wildman–Crippen MR) is 80.7 cm³/mol. The van der Waals surface area contributed by atoms with Gasteiger partial charge in [-0.05, 0) is 57.1 Å². The average Bonchev–Trinajstić information content (AvgIpc) is 2.47. The number of hydrogen-bond acceptors (Lipinski definition) is 3. The molecular weight excluding hydrogens is 255 g/mol. The van der Waals surface area contributed by atoms with Gasteiger partial charge < -0.3 is 15.0 Å². The molecule has 3 nitrogen and oxygen atoms in total. The molecule has 0 unspecified atom stereocenters. The molecule has 0 saturated carbocycles. The van der Waals surface area contributed by atoms with Crippen LogP contribution < -0.4 is 10.2 Å². The molecule has 1 aliphatic rings. The highest BCUT2D eigenvalue weighted by Crippen LogP contribution is 2.32. The molecular formula is C16H25FN2O. The molecule has 20 heavy (non-hydrogen) atoms. The van der Waals surface area contributed by atoms with Crippen molar-refractivity contribution in [2.75, 3.05) is 44.8 Å². The molecule has 0 aliphatic carbocycles. The quantitative estimate of drug-likeness (QED) is 0.867. The van der Waals surface area contributed by atoms with Crippen molar-refractivity contribution >= 4 is 5.69 Å². The maximum atomic E-state index is 13.1. The normalized spacial score (nSPS) is 17.9. The zero-order valence-corrected chi connectivity index (χ0v) is 12.5. The highest BCUT2D eigenvalue weighted by atomic mass is 19.1. The summed E-state index contributed by atoms with van der Waals surface area (Å²) in [6.07, 6.45) is 2.25. The molecule has 4 heteroatoms. The Balaban J connectivity index is 2.12. The summed E-state index contributed by atoms with van der Waals surface area (Å²) in [7, 11) is 1.78. The summed E-state index contributed by atoms with van der Waals surface area (Å²) in [4.78, 5) is 2.32. The number of nitrogens with zero attached hydrogens (tertiary/aromatic N) is 1. The van der Waals surface area contributed by atoms with Crippen molar-refractivity contribution in [2.45, 2.75) is 19.8 Å². The summed E-state index contributed by atoms with van der Waals surface area (Å²) in [5.74, 6) is -0.182. The molecule has 1 aromatic rings. The highest BCUT2D eigenvalue weighted by Gasteiger charge is 2.33. The van der Waals surface area contributed by atoms with E-state index in [1.807, 2.05) is 12.1 Å². The first kappa shape index (κ1) is 15.3. The van der Waals surface area contributed by atoms with Crippen LogP contribution in [0.4, 0.5) is 10.1 Å². The van der Waals surface area contributed by atoms with Crippen LogP contribution >= 0.6 is 0 Å². The Morgan fingerprint density at radius 2 is 1.90 bits per heavy atom. The number of hydrogen-bond donors (Lipinski definition) is 1. The topological polar surface area (TPSA) is 24.5 Å². The zero-order valence-electron chi connectivity index (χ0n) is 12.5. The largest absolute Gasteiger partial charge is 0.384 e. The number of halogens is 1. The first-order valence-electron chi connectivity index (χ1n) is 7.39. The number of rotatable bonds is 6. The van der Waals surface area contributed by atoms with Gasteiger partial charge >= 0.3 is 0 Å². The van der Waals surface area contributed by atoms with Crippen LogP contribution in [0.5, 0.6) is 0 Å². The van der Waals surface area contributed by atoms with Crippen molar-refractivity contribution in [3.8, 4) is 0 Å². The van der Waals surface area contributed by atoms with Crippen molar-refractivity contribution in [3.63, 3.8) is 0 Å². The van der Waals surface area contributed by atoms with Crippen LogP contribution in [-0.2, 0) is 4.74 Å². The number of nitrogens with one attached hydrogen (secondary N) is 1. The second-order valence-corrected chi connectivity index (χ2v) is 5.67. The van der Waals surface area contributed by atoms with Crippen molar-refractivity contribution in [2.24, 2.45) is 5.41 Å². The minimum absolute atomic E-state index is 0.182. The number of ether oxygens (including phenoxy) is 1. The number of benzene rings is 1. The van der Waals surface area contributed by atoms with Crippen molar-refractivity contribution in [1.29, 1.82) is 0 Å². The van der Waals surface area contributed by atoms with Gasteiger partial charge in [0.2, 0.25) is 0 Å². The van der Waals surface area contributed by atoms with Crippen LogP contribution in [0.3, 0.4) is 0 Å². The molecule has 0 atom stereocenters. The lowest BCUT2D eigenvalue weighted by Gasteiger charge is -2.41. The minimum atomic E-state index is -0.182. The third-order valence-corrected chi connectivity index (χ3v) is 4.21. The minimum Gasteiger partial charge on any atom is -0.384 e. The van der Waals surface area contributed by atoms with E-state index in [0.717, 1.165) is 51.3 Å². The van der Waals surface area contributed by atoms with Crippen LogP contribution in [0.25, 0.3) is 0 Å². The van der Waals surface area contributed by atoms with Gasteiger partial charge in [-0.25, -0.2) is 4.39 Å². The van der Waals surface area contributed by atoms with E-state index in [9.17, 15) is 4.39 Å². The molecule has 0 amide bonds. The Labute approximate surface area is 121 Å². The first-order chi connectivity index (χ1) is 9.69. The summed E-state index contributed by atoms with van der Waals surface area (Å²) in [6, 6.07) is 6.79. The molecule has 0 bridgehead atoms. The van der Waals surface area contributed by atoms with Crippen LogP contribution in [0.2, 0.25) is 0 Å². The molecule has 112 valence electrons. The number of methoxy groups -OCH3 is 1. The average molecular weight is 280 g/mol. The van der Waals surface area contributed by atoms with E-state index in [1.54, 1.807) is 7.11 Å². The lowest BCUT2D eigenvalue weighted by Crippen LogP contribution is -2.47. The van der Waals surface area contributed by atoms with Crippen molar-refractivity contribution < 1.29 is 9.13 Å². The monoisotopic (exact) mass is 280 g/mol. The molecule has 2 rings (SSSR count). The van der Waals surface area contributed by atoms with Gasteiger partial charge in [-0.2, -0.15) is 0 Å². The Hall–Kier alpha value is -1.13. The lowest BCUT2D eigenvalue weighted by atomic mass is 9.79. The molecule has 1 fully saturated rings. The second kappa shape index (κ2) is 7.04. The molecule has 0 radical (unpaired) electrons. The molecule has 1 aromatic carbocycles. The molecule has 1 aliphatic heterocycles. The van der Waals surface area contributed by atoms with Crippen LogP contribution in [0, 0.1) is 11.2 Å². The SMILES string of the molecule is CCN(CC1(COC)CCNCC1)c1ccc(F)cc1. The van der Waals surface area contributed by atoms with Gasteiger partial charge in [0.25, 0.3) is 0 Å². The van der Waals surface area contributed by atoms with E-state index in [0.29, 0.717) is 0 Å². The Kier molecular flexibility index (Phi) is 5.38. The first-order valence-corrected chi connectivity index (χ1v) is 7.39. The maximum absolute atomic E-state index is 13.1. The van der Waals surface area contributed by atoms with E-state index >= 15 is 0 Å². The van der Waals surface area contributed by atoms with Crippen molar-refractivity contribution in [1.82, 2.24) is 5.32 Å². The van der Waals surface area contributed by atoms with E-state index in [-0.39, 0.29) is 11.2 Å². The summed E-state index contributed by atoms with van der Waals surface area (Å²) < 4.78 is 18.5. The highest BCUT2D eigenvalue weighted by molar-refractivity contribution is 5.46. The van der Waals surface area contributed by atoms with Crippen molar-refractivity contribution in [3.05, 3.63) is 30.1 Å². The molecule has 1 saturated heterocycles.